The summed E-state index contributed by atoms with van der Waals surface area (Å²) in [6.07, 6.45) is -2.82. The van der Waals surface area contributed by atoms with Gasteiger partial charge in [0.05, 0.1) is 24.8 Å². The van der Waals surface area contributed by atoms with E-state index in [0.29, 0.717) is 57.6 Å². The average Bonchev–Trinajstić information content (AvgIpc) is 2.79. The van der Waals surface area contributed by atoms with E-state index in [4.69, 9.17) is 14.7 Å². The highest BCUT2D eigenvalue weighted by Gasteiger charge is 2.40. The number of carbonyl (C=O) groups excluding carboxylic acids is 1. The highest BCUT2D eigenvalue weighted by Crippen LogP contribution is 2.33. The number of benzene rings is 1. The van der Waals surface area contributed by atoms with Crippen LogP contribution in [0.1, 0.15) is 36.2 Å². The van der Waals surface area contributed by atoms with Crippen LogP contribution in [0.25, 0.3) is 0 Å². The molecule has 1 amide bonds. The fourth-order valence-electron chi connectivity index (χ4n) is 3.84. The molecule has 0 bridgehead atoms. The molecule has 0 unspecified atom stereocenters. The molecule has 1 aromatic heterocycles. The number of hydrogen-bond acceptors (Lipinski definition) is 7. The van der Waals surface area contributed by atoms with Crippen molar-refractivity contribution in [3.63, 3.8) is 0 Å². The first-order valence-electron chi connectivity index (χ1n) is 11.1. The quantitative estimate of drug-likeness (QED) is 0.657. The van der Waals surface area contributed by atoms with Crippen molar-refractivity contribution in [3.8, 4) is 11.9 Å². The summed E-state index contributed by atoms with van der Waals surface area (Å²) in [6.45, 7) is 1.72. The summed E-state index contributed by atoms with van der Waals surface area (Å²) < 4.78 is 51.2. The lowest BCUT2D eigenvalue weighted by Crippen LogP contribution is -2.57. The fraction of sp³-hybridized carbons (Fsp3) is 0.478. The van der Waals surface area contributed by atoms with Crippen LogP contribution in [0.5, 0.6) is 5.88 Å². The van der Waals surface area contributed by atoms with Crippen molar-refractivity contribution in [1.29, 1.82) is 5.26 Å². The summed E-state index contributed by atoms with van der Waals surface area (Å²) >= 11 is 0. The van der Waals surface area contributed by atoms with Crippen LogP contribution in [0.15, 0.2) is 30.3 Å². The number of alkyl halides is 3. The van der Waals surface area contributed by atoms with Gasteiger partial charge >= 0.3 is 6.18 Å². The average molecular weight is 475 g/mol. The minimum atomic E-state index is -4.74. The molecule has 2 saturated heterocycles. The SMILES string of the molecule is N#Cc1ccc(CCNC(=O)[C@@H]2CCN2c2cc(OC3CCOCC3)nc(C(F)(F)F)n2)cc1. The van der Waals surface area contributed by atoms with Crippen molar-refractivity contribution in [2.45, 2.75) is 44.0 Å². The lowest BCUT2D eigenvalue weighted by Gasteiger charge is -2.40. The Morgan fingerprint density at radius 2 is 1.94 bits per heavy atom. The molecular weight excluding hydrogens is 451 g/mol. The number of amides is 1. The summed E-state index contributed by atoms with van der Waals surface area (Å²) in [5.74, 6) is -1.71. The van der Waals surface area contributed by atoms with E-state index in [9.17, 15) is 18.0 Å². The molecule has 4 rings (SSSR count). The second-order valence-corrected chi connectivity index (χ2v) is 8.16. The number of ether oxygens (including phenoxy) is 2. The Bertz CT molecular complexity index is 1050. The Kier molecular flexibility index (Phi) is 7.17. The first-order chi connectivity index (χ1) is 16.3. The third-order valence-electron chi connectivity index (χ3n) is 5.81. The molecule has 1 aromatic carbocycles. The minimum absolute atomic E-state index is 0.0166. The lowest BCUT2D eigenvalue weighted by atomic mass is 10.0. The molecule has 8 nitrogen and oxygen atoms in total. The number of hydrogen-bond donors (Lipinski definition) is 1. The van der Waals surface area contributed by atoms with E-state index in [0.717, 1.165) is 5.56 Å². The summed E-state index contributed by atoms with van der Waals surface area (Å²) in [5, 5.41) is 11.7. The summed E-state index contributed by atoms with van der Waals surface area (Å²) in [6, 6.07) is 9.84. The zero-order valence-corrected chi connectivity index (χ0v) is 18.3. The molecule has 0 saturated carbocycles. The Labute approximate surface area is 194 Å². The van der Waals surface area contributed by atoms with Gasteiger partial charge in [-0.05, 0) is 30.5 Å². The van der Waals surface area contributed by atoms with E-state index in [1.54, 1.807) is 12.1 Å². The van der Waals surface area contributed by atoms with Crippen LogP contribution in [-0.2, 0) is 22.1 Å². The Hall–Kier alpha value is -3.39. The summed E-state index contributed by atoms with van der Waals surface area (Å²) in [5.41, 5.74) is 1.52. The highest BCUT2D eigenvalue weighted by molar-refractivity contribution is 5.86. The molecule has 0 radical (unpaired) electrons. The van der Waals surface area contributed by atoms with Gasteiger partial charge < -0.3 is 19.7 Å². The Morgan fingerprint density at radius 1 is 1.21 bits per heavy atom. The van der Waals surface area contributed by atoms with Gasteiger partial charge in [0.25, 0.3) is 0 Å². The van der Waals surface area contributed by atoms with Crippen LogP contribution in [0.2, 0.25) is 0 Å². The topological polar surface area (TPSA) is 100 Å². The first kappa shape index (κ1) is 23.8. The fourth-order valence-corrected chi connectivity index (χ4v) is 3.84. The van der Waals surface area contributed by atoms with Crippen LogP contribution in [0.4, 0.5) is 19.0 Å². The normalized spacial score (nSPS) is 18.6. The van der Waals surface area contributed by atoms with Crippen molar-refractivity contribution in [1.82, 2.24) is 15.3 Å². The van der Waals surface area contributed by atoms with Gasteiger partial charge in [0, 0.05) is 32.0 Å². The van der Waals surface area contributed by atoms with Gasteiger partial charge in [-0.2, -0.15) is 23.4 Å². The van der Waals surface area contributed by atoms with Crippen molar-refractivity contribution in [3.05, 3.63) is 47.3 Å². The molecule has 2 aliphatic rings. The maximum absolute atomic E-state index is 13.4. The third kappa shape index (κ3) is 5.75. The van der Waals surface area contributed by atoms with Gasteiger partial charge in [0.15, 0.2) is 0 Å². The van der Waals surface area contributed by atoms with E-state index >= 15 is 0 Å². The van der Waals surface area contributed by atoms with Gasteiger partial charge in [-0.25, -0.2) is 4.98 Å². The lowest BCUT2D eigenvalue weighted by molar-refractivity contribution is -0.145. The predicted molar refractivity (Wildman–Crippen MR) is 115 cm³/mol. The van der Waals surface area contributed by atoms with E-state index in [-0.39, 0.29) is 23.7 Å². The van der Waals surface area contributed by atoms with Gasteiger partial charge in [0.1, 0.15) is 18.0 Å². The predicted octanol–water partition coefficient (Wildman–Crippen LogP) is 2.86. The minimum Gasteiger partial charge on any atom is -0.474 e. The first-order valence-corrected chi connectivity index (χ1v) is 11.1. The van der Waals surface area contributed by atoms with Gasteiger partial charge in [-0.15, -0.1) is 0 Å². The third-order valence-corrected chi connectivity index (χ3v) is 5.81. The maximum Gasteiger partial charge on any atom is 0.451 e. The molecule has 180 valence electrons. The van der Waals surface area contributed by atoms with Gasteiger partial charge in [-0.3, -0.25) is 4.79 Å². The molecule has 1 N–H and O–H groups in total. The van der Waals surface area contributed by atoms with Crippen molar-refractivity contribution < 1.29 is 27.4 Å². The summed E-state index contributed by atoms with van der Waals surface area (Å²) in [4.78, 5) is 21.4. The Balaban J connectivity index is 1.41. The maximum atomic E-state index is 13.4. The van der Waals surface area contributed by atoms with Crippen LogP contribution in [-0.4, -0.2) is 54.3 Å². The van der Waals surface area contributed by atoms with Crippen LogP contribution in [0, 0.1) is 11.3 Å². The zero-order valence-electron chi connectivity index (χ0n) is 18.3. The van der Waals surface area contributed by atoms with Crippen molar-refractivity contribution in [2.75, 3.05) is 31.2 Å². The zero-order chi connectivity index (χ0) is 24.1. The number of carbonyl (C=O) groups is 1. The molecule has 34 heavy (non-hydrogen) atoms. The molecule has 1 atom stereocenters. The van der Waals surface area contributed by atoms with E-state index in [2.05, 4.69) is 15.3 Å². The second kappa shape index (κ2) is 10.3. The Morgan fingerprint density at radius 3 is 2.56 bits per heavy atom. The summed E-state index contributed by atoms with van der Waals surface area (Å²) in [7, 11) is 0. The number of nitrogens with one attached hydrogen (secondary N) is 1. The van der Waals surface area contributed by atoms with Crippen LogP contribution < -0.4 is 15.0 Å². The smallest absolute Gasteiger partial charge is 0.451 e. The van der Waals surface area contributed by atoms with E-state index in [1.165, 1.54) is 11.0 Å². The largest absolute Gasteiger partial charge is 0.474 e. The molecule has 2 aliphatic heterocycles. The molecular formula is C23H24F3N5O3. The number of nitriles is 1. The molecule has 2 fully saturated rings. The molecule has 0 spiro atoms. The standard InChI is InChI=1S/C23H24F3N5O3/c24-23(25,26)22-29-19(13-20(30-22)34-17-7-11-33-12-8-17)31-10-6-18(31)21(32)28-9-5-15-1-3-16(14-27)4-2-15/h1-4,13,17-18H,5-12H2,(H,28,32)/t18-/m0/s1. The molecule has 0 aliphatic carbocycles. The van der Waals surface area contributed by atoms with Crippen molar-refractivity contribution in [2.24, 2.45) is 0 Å². The number of rotatable bonds is 7. The van der Waals surface area contributed by atoms with Crippen LogP contribution in [0.3, 0.4) is 0 Å². The molecule has 3 heterocycles. The van der Waals surface area contributed by atoms with Crippen LogP contribution >= 0.6 is 0 Å². The number of aromatic nitrogens is 2. The number of nitrogens with zero attached hydrogens (tertiary/aromatic N) is 4. The second-order valence-electron chi connectivity index (χ2n) is 8.16. The van der Waals surface area contributed by atoms with E-state index in [1.807, 2.05) is 18.2 Å². The number of halogens is 3. The van der Waals surface area contributed by atoms with Crippen molar-refractivity contribution >= 4 is 11.7 Å². The van der Waals surface area contributed by atoms with E-state index < -0.39 is 18.0 Å². The molecule has 2 aromatic rings. The monoisotopic (exact) mass is 475 g/mol. The van der Waals surface area contributed by atoms with Gasteiger partial charge in [0.2, 0.25) is 17.6 Å². The highest BCUT2D eigenvalue weighted by atomic mass is 19.4. The molecule has 11 heteroatoms. The number of anilines is 1. The van der Waals surface area contributed by atoms with Gasteiger partial charge in [-0.1, -0.05) is 12.1 Å².